The van der Waals surface area contributed by atoms with Gasteiger partial charge in [-0.2, -0.15) is 0 Å². The van der Waals surface area contributed by atoms with Crippen molar-refractivity contribution in [2.75, 3.05) is 33.4 Å². The molecule has 5 nitrogen and oxygen atoms in total. The number of halogens is 1. The number of hydrogen-bond donors (Lipinski definition) is 1. The zero-order chi connectivity index (χ0) is 13.7. The second-order valence-electron chi connectivity index (χ2n) is 4.61. The van der Waals surface area contributed by atoms with Crippen LogP contribution in [0.1, 0.15) is 6.92 Å². The Bertz CT molecular complexity index is 442. The maximum Gasteiger partial charge on any atom is 0.260 e. The second kappa shape index (κ2) is 7.97. The number of ether oxygens (including phenoxy) is 2. The number of benzene rings is 1. The molecule has 0 radical (unpaired) electrons. The van der Waals surface area contributed by atoms with Gasteiger partial charge in [0.2, 0.25) is 0 Å². The summed E-state index contributed by atoms with van der Waals surface area (Å²) >= 11 is 0. The van der Waals surface area contributed by atoms with Crippen molar-refractivity contribution in [3.05, 3.63) is 24.3 Å². The van der Waals surface area contributed by atoms with Crippen LogP contribution in [0.5, 0.6) is 11.5 Å². The molecule has 112 valence electrons. The third-order valence-electron chi connectivity index (χ3n) is 3.23. The SMILES string of the molecule is COc1cccc(OCC(=O)N2CCNCC2C)c1.Cl. The molecular weight excluding hydrogens is 280 g/mol. The minimum absolute atomic E-state index is 0. The molecule has 6 heteroatoms. The van der Waals surface area contributed by atoms with Crippen LogP contribution >= 0.6 is 12.4 Å². The molecule has 1 N–H and O–H groups in total. The maximum absolute atomic E-state index is 12.1. The van der Waals surface area contributed by atoms with E-state index in [9.17, 15) is 4.79 Å². The molecule has 1 saturated heterocycles. The van der Waals surface area contributed by atoms with Crippen LogP contribution in [-0.4, -0.2) is 50.2 Å². The number of carbonyl (C=O) groups excluding carboxylic acids is 1. The lowest BCUT2D eigenvalue weighted by molar-refractivity contribution is -0.136. The van der Waals surface area contributed by atoms with Crippen molar-refractivity contribution < 1.29 is 14.3 Å². The summed E-state index contributed by atoms with van der Waals surface area (Å²) in [6.45, 7) is 4.52. The van der Waals surface area contributed by atoms with Gasteiger partial charge in [0, 0.05) is 31.7 Å². The van der Waals surface area contributed by atoms with Crippen molar-refractivity contribution >= 4 is 18.3 Å². The summed E-state index contributed by atoms with van der Waals surface area (Å²) in [5, 5.41) is 3.26. The summed E-state index contributed by atoms with van der Waals surface area (Å²) in [5.74, 6) is 1.40. The highest BCUT2D eigenvalue weighted by Crippen LogP contribution is 2.18. The smallest absolute Gasteiger partial charge is 0.260 e. The Hall–Kier alpha value is -1.46. The Morgan fingerprint density at radius 1 is 1.45 bits per heavy atom. The number of amides is 1. The van der Waals surface area contributed by atoms with Gasteiger partial charge in [-0.05, 0) is 19.1 Å². The first-order chi connectivity index (χ1) is 9.20. The van der Waals surface area contributed by atoms with E-state index in [1.807, 2.05) is 30.0 Å². The molecule has 1 aliphatic rings. The Morgan fingerprint density at radius 2 is 2.20 bits per heavy atom. The first-order valence-corrected chi connectivity index (χ1v) is 6.47. The summed E-state index contributed by atoms with van der Waals surface area (Å²) in [6.07, 6.45) is 0. The van der Waals surface area contributed by atoms with E-state index in [0.29, 0.717) is 5.75 Å². The molecule has 1 aromatic rings. The molecule has 1 aromatic carbocycles. The quantitative estimate of drug-likeness (QED) is 0.911. The van der Waals surface area contributed by atoms with Gasteiger partial charge in [0.1, 0.15) is 11.5 Å². The van der Waals surface area contributed by atoms with Crippen molar-refractivity contribution in [2.45, 2.75) is 13.0 Å². The second-order valence-corrected chi connectivity index (χ2v) is 4.61. The molecule has 1 fully saturated rings. The van der Waals surface area contributed by atoms with E-state index in [1.165, 1.54) is 0 Å². The van der Waals surface area contributed by atoms with Crippen LogP contribution in [0.4, 0.5) is 0 Å². The van der Waals surface area contributed by atoms with Crippen LogP contribution in [-0.2, 0) is 4.79 Å². The van der Waals surface area contributed by atoms with Crippen molar-refractivity contribution in [3.8, 4) is 11.5 Å². The van der Waals surface area contributed by atoms with E-state index in [0.717, 1.165) is 25.4 Å². The molecule has 1 aliphatic heterocycles. The van der Waals surface area contributed by atoms with E-state index in [4.69, 9.17) is 9.47 Å². The lowest BCUT2D eigenvalue weighted by atomic mass is 10.2. The lowest BCUT2D eigenvalue weighted by Gasteiger charge is -2.33. The summed E-state index contributed by atoms with van der Waals surface area (Å²) in [7, 11) is 1.60. The number of rotatable bonds is 4. The van der Waals surface area contributed by atoms with Gasteiger partial charge in [-0.15, -0.1) is 12.4 Å². The van der Waals surface area contributed by atoms with Gasteiger partial charge in [0.15, 0.2) is 6.61 Å². The largest absolute Gasteiger partial charge is 0.497 e. The molecule has 1 heterocycles. The molecule has 0 spiro atoms. The Kier molecular flexibility index (Phi) is 6.61. The predicted octanol–water partition coefficient (Wildman–Crippen LogP) is 1.32. The number of nitrogens with zero attached hydrogens (tertiary/aromatic N) is 1. The average Bonchev–Trinajstić information content (AvgIpc) is 2.45. The first-order valence-electron chi connectivity index (χ1n) is 6.47. The van der Waals surface area contributed by atoms with Crippen LogP contribution in [0.25, 0.3) is 0 Å². The molecule has 20 heavy (non-hydrogen) atoms. The molecule has 0 bridgehead atoms. The number of nitrogens with one attached hydrogen (secondary N) is 1. The predicted molar refractivity (Wildman–Crippen MR) is 79.8 cm³/mol. The van der Waals surface area contributed by atoms with Gasteiger partial charge in [0.25, 0.3) is 5.91 Å². The molecule has 0 aromatic heterocycles. The van der Waals surface area contributed by atoms with Crippen molar-refractivity contribution in [1.29, 1.82) is 0 Å². The lowest BCUT2D eigenvalue weighted by Crippen LogP contribution is -2.53. The fraction of sp³-hybridized carbons (Fsp3) is 0.500. The van der Waals surface area contributed by atoms with Gasteiger partial charge >= 0.3 is 0 Å². The number of methoxy groups -OCH3 is 1. The molecule has 1 amide bonds. The zero-order valence-electron chi connectivity index (χ0n) is 11.8. The Labute approximate surface area is 125 Å². The Balaban J connectivity index is 0.00000200. The van der Waals surface area contributed by atoms with Crippen LogP contribution in [0, 0.1) is 0 Å². The van der Waals surface area contributed by atoms with Crippen LogP contribution in [0.15, 0.2) is 24.3 Å². The Morgan fingerprint density at radius 3 is 2.90 bits per heavy atom. The van der Waals surface area contributed by atoms with Gasteiger partial charge in [0.05, 0.1) is 7.11 Å². The topological polar surface area (TPSA) is 50.8 Å². The zero-order valence-corrected chi connectivity index (χ0v) is 12.6. The molecular formula is C14H21ClN2O3. The summed E-state index contributed by atoms with van der Waals surface area (Å²) in [5.41, 5.74) is 0. The van der Waals surface area contributed by atoms with Gasteiger partial charge < -0.3 is 19.7 Å². The molecule has 1 atom stereocenters. The minimum atomic E-state index is 0. The normalized spacial score (nSPS) is 18.1. The highest BCUT2D eigenvalue weighted by atomic mass is 35.5. The monoisotopic (exact) mass is 300 g/mol. The number of carbonyl (C=O) groups is 1. The van der Waals surface area contributed by atoms with Gasteiger partial charge in [-0.1, -0.05) is 6.07 Å². The summed E-state index contributed by atoms with van der Waals surface area (Å²) in [6, 6.07) is 7.49. The van der Waals surface area contributed by atoms with Crippen LogP contribution in [0.3, 0.4) is 0 Å². The van der Waals surface area contributed by atoms with Crippen molar-refractivity contribution in [2.24, 2.45) is 0 Å². The molecule has 1 unspecified atom stereocenters. The van der Waals surface area contributed by atoms with E-state index >= 15 is 0 Å². The van der Waals surface area contributed by atoms with E-state index < -0.39 is 0 Å². The van der Waals surface area contributed by atoms with E-state index in [-0.39, 0.29) is 31.0 Å². The van der Waals surface area contributed by atoms with Crippen molar-refractivity contribution in [3.63, 3.8) is 0 Å². The van der Waals surface area contributed by atoms with E-state index in [1.54, 1.807) is 13.2 Å². The standard InChI is InChI=1S/C14H20N2O3.ClH/c1-11-9-15-6-7-16(11)14(17)10-19-13-5-3-4-12(8-13)18-2;/h3-5,8,11,15H,6-7,9-10H2,1-2H3;1H. The first kappa shape index (κ1) is 16.6. The number of piperazine rings is 1. The fourth-order valence-electron chi connectivity index (χ4n) is 2.13. The molecule has 2 rings (SSSR count). The summed E-state index contributed by atoms with van der Waals surface area (Å²) < 4.78 is 10.6. The van der Waals surface area contributed by atoms with E-state index in [2.05, 4.69) is 5.32 Å². The fourth-order valence-corrected chi connectivity index (χ4v) is 2.13. The van der Waals surface area contributed by atoms with Crippen LogP contribution in [0.2, 0.25) is 0 Å². The maximum atomic E-state index is 12.1. The summed E-state index contributed by atoms with van der Waals surface area (Å²) in [4.78, 5) is 13.9. The minimum Gasteiger partial charge on any atom is -0.497 e. The highest BCUT2D eigenvalue weighted by molar-refractivity contribution is 5.85. The van der Waals surface area contributed by atoms with Crippen molar-refractivity contribution in [1.82, 2.24) is 10.2 Å². The van der Waals surface area contributed by atoms with Gasteiger partial charge in [-0.25, -0.2) is 0 Å². The number of hydrogen-bond acceptors (Lipinski definition) is 4. The highest BCUT2D eigenvalue weighted by Gasteiger charge is 2.23. The third kappa shape index (κ3) is 4.28. The van der Waals surface area contributed by atoms with Gasteiger partial charge in [-0.3, -0.25) is 4.79 Å². The molecule has 0 saturated carbocycles. The molecule has 0 aliphatic carbocycles. The van der Waals surface area contributed by atoms with Crippen LogP contribution < -0.4 is 14.8 Å². The third-order valence-corrected chi connectivity index (χ3v) is 3.23. The average molecular weight is 301 g/mol.